The van der Waals surface area contributed by atoms with Crippen LogP contribution in [-0.4, -0.2) is 15.2 Å². The first-order chi connectivity index (χ1) is 11.3. The molecule has 8 heteroatoms. The number of thiocarbonyl (C=S) groups is 1. The van der Waals surface area contributed by atoms with Crippen molar-refractivity contribution in [2.45, 2.75) is 13.8 Å². The van der Waals surface area contributed by atoms with Crippen molar-refractivity contribution in [2.24, 2.45) is 0 Å². The molecule has 1 aliphatic heterocycles. The molecule has 1 aliphatic rings. The summed E-state index contributed by atoms with van der Waals surface area (Å²) >= 11 is 6.08. The van der Waals surface area contributed by atoms with Crippen LogP contribution in [0.15, 0.2) is 33.6 Å². The van der Waals surface area contributed by atoms with E-state index in [-0.39, 0.29) is 11.6 Å². The lowest BCUT2D eigenvalue weighted by molar-refractivity contribution is -0.384. The van der Waals surface area contributed by atoms with Crippen LogP contribution in [0, 0.1) is 24.0 Å². The number of hydrogen-bond donors (Lipinski definition) is 1. The minimum atomic E-state index is -0.429. The van der Waals surface area contributed by atoms with Gasteiger partial charge in [-0.25, -0.2) is 0 Å². The molecule has 6 nitrogen and oxygen atoms in total. The van der Waals surface area contributed by atoms with Gasteiger partial charge in [-0.05, 0) is 43.2 Å². The first-order valence-electron chi connectivity index (χ1n) is 6.96. The molecule has 1 aromatic heterocycles. The van der Waals surface area contributed by atoms with Crippen LogP contribution in [0.3, 0.4) is 0 Å². The van der Waals surface area contributed by atoms with Crippen molar-refractivity contribution in [3.05, 3.63) is 56.2 Å². The molecule has 0 unspecified atom stereocenters. The Bertz CT molecular complexity index is 915. The van der Waals surface area contributed by atoms with Crippen LogP contribution < -0.4 is 5.32 Å². The molecule has 0 bridgehead atoms. The second kappa shape index (κ2) is 6.21. The molecule has 0 aliphatic carbocycles. The number of amides is 1. The summed E-state index contributed by atoms with van der Waals surface area (Å²) in [6.07, 6.45) is 1.57. The van der Waals surface area contributed by atoms with Crippen molar-refractivity contribution < 1.29 is 14.1 Å². The number of hydrogen-bond acceptors (Lipinski definition) is 6. The Balaban J connectivity index is 2.01. The predicted molar refractivity (Wildman–Crippen MR) is 96.6 cm³/mol. The van der Waals surface area contributed by atoms with Crippen LogP contribution in [0.1, 0.15) is 16.9 Å². The molecule has 0 radical (unpaired) electrons. The van der Waals surface area contributed by atoms with E-state index in [1.807, 2.05) is 13.8 Å². The monoisotopic (exact) mass is 360 g/mol. The summed E-state index contributed by atoms with van der Waals surface area (Å²) < 4.78 is 6.07. The summed E-state index contributed by atoms with van der Waals surface area (Å²) in [5.41, 5.74) is 2.17. The van der Waals surface area contributed by atoms with Crippen LogP contribution in [0.25, 0.3) is 17.4 Å². The van der Waals surface area contributed by atoms with E-state index >= 15 is 0 Å². The number of carbonyl (C=O) groups excluding carboxylic acids is 1. The quantitative estimate of drug-likeness (QED) is 0.386. The van der Waals surface area contributed by atoms with Crippen LogP contribution in [-0.2, 0) is 4.79 Å². The molecular weight excluding hydrogens is 348 g/mol. The number of furan rings is 1. The molecule has 3 rings (SSSR count). The smallest absolute Gasteiger partial charge is 0.280 e. The zero-order valence-corrected chi connectivity index (χ0v) is 14.4. The van der Waals surface area contributed by atoms with Gasteiger partial charge >= 0.3 is 0 Å². The Morgan fingerprint density at radius 2 is 2.00 bits per heavy atom. The van der Waals surface area contributed by atoms with Crippen molar-refractivity contribution in [3.63, 3.8) is 0 Å². The van der Waals surface area contributed by atoms with Gasteiger partial charge in [0.25, 0.3) is 11.6 Å². The van der Waals surface area contributed by atoms with E-state index in [9.17, 15) is 14.9 Å². The number of nitrogens with zero attached hydrogens (tertiary/aromatic N) is 1. The van der Waals surface area contributed by atoms with Gasteiger partial charge in [0.2, 0.25) is 0 Å². The first-order valence-corrected chi connectivity index (χ1v) is 8.18. The molecule has 1 saturated heterocycles. The van der Waals surface area contributed by atoms with Crippen LogP contribution >= 0.6 is 24.0 Å². The maximum absolute atomic E-state index is 11.7. The van der Waals surface area contributed by atoms with E-state index in [1.54, 1.807) is 24.3 Å². The number of benzene rings is 1. The maximum atomic E-state index is 11.7. The number of carbonyl (C=O) groups is 1. The minimum Gasteiger partial charge on any atom is -0.456 e. The van der Waals surface area contributed by atoms with Gasteiger partial charge in [-0.3, -0.25) is 14.9 Å². The minimum absolute atomic E-state index is 0.0131. The fraction of sp³-hybridized carbons (Fsp3) is 0.125. The third kappa shape index (κ3) is 3.10. The summed E-state index contributed by atoms with van der Waals surface area (Å²) in [5.74, 6) is 0.530. The molecule has 0 saturated carbocycles. The molecule has 2 aromatic rings. The molecule has 1 aromatic carbocycles. The lowest BCUT2D eigenvalue weighted by atomic mass is 10.0. The topological polar surface area (TPSA) is 85.4 Å². The number of rotatable bonds is 3. The van der Waals surface area contributed by atoms with Crippen LogP contribution in [0.2, 0.25) is 0 Å². The van der Waals surface area contributed by atoms with Crippen molar-refractivity contribution in [1.82, 2.24) is 5.32 Å². The fourth-order valence-corrected chi connectivity index (χ4v) is 3.30. The van der Waals surface area contributed by atoms with Gasteiger partial charge in [0.15, 0.2) is 0 Å². The lowest BCUT2D eigenvalue weighted by Gasteiger charge is -2.04. The first kappa shape index (κ1) is 16.4. The molecule has 0 spiro atoms. The van der Waals surface area contributed by atoms with Crippen molar-refractivity contribution in [1.29, 1.82) is 0 Å². The van der Waals surface area contributed by atoms with E-state index in [0.717, 1.165) is 22.9 Å². The summed E-state index contributed by atoms with van der Waals surface area (Å²) in [6.45, 7) is 3.71. The van der Waals surface area contributed by atoms with Crippen molar-refractivity contribution in [3.8, 4) is 11.3 Å². The predicted octanol–water partition coefficient (Wildman–Crippen LogP) is 3.96. The highest BCUT2D eigenvalue weighted by Crippen LogP contribution is 2.34. The molecule has 1 amide bonds. The van der Waals surface area contributed by atoms with Gasteiger partial charge in [-0.1, -0.05) is 24.0 Å². The third-order valence-electron chi connectivity index (χ3n) is 3.62. The summed E-state index contributed by atoms with van der Waals surface area (Å²) in [5, 5.41) is 13.8. The number of nitrogens with one attached hydrogen (secondary N) is 1. The van der Waals surface area contributed by atoms with E-state index in [4.69, 9.17) is 16.6 Å². The normalized spacial score (nSPS) is 15.8. The van der Waals surface area contributed by atoms with E-state index < -0.39 is 4.92 Å². The van der Waals surface area contributed by atoms with Gasteiger partial charge in [0.1, 0.15) is 15.8 Å². The van der Waals surface area contributed by atoms with Gasteiger partial charge < -0.3 is 9.73 Å². The van der Waals surface area contributed by atoms with Gasteiger partial charge in [-0.2, -0.15) is 0 Å². The highest BCUT2D eigenvalue weighted by molar-refractivity contribution is 8.26. The molecule has 122 valence electrons. The Labute approximate surface area is 147 Å². The molecule has 24 heavy (non-hydrogen) atoms. The molecule has 2 heterocycles. The Kier molecular flexibility index (Phi) is 4.25. The SMILES string of the molecule is Cc1cc(-c2ccc(C=C3SC(=S)NC3=O)o2)c([N+](=O)[O-])cc1C. The van der Waals surface area contributed by atoms with E-state index in [1.165, 1.54) is 6.07 Å². The summed E-state index contributed by atoms with van der Waals surface area (Å²) in [6, 6.07) is 6.58. The largest absolute Gasteiger partial charge is 0.456 e. The van der Waals surface area contributed by atoms with Crippen LogP contribution in [0.5, 0.6) is 0 Å². The number of thioether (sulfide) groups is 1. The van der Waals surface area contributed by atoms with Crippen molar-refractivity contribution >= 4 is 46.0 Å². The average Bonchev–Trinajstić information content (AvgIpc) is 3.08. The number of nitro groups is 1. The zero-order chi connectivity index (χ0) is 17.4. The second-order valence-corrected chi connectivity index (χ2v) is 6.98. The fourth-order valence-electron chi connectivity index (χ4n) is 2.27. The Morgan fingerprint density at radius 3 is 2.62 bits per heavy atom. The standard InChI is InChI=1S/C16H12N2O4S2/c1-8-5-11(12(18(20)21)6-9(8)2)13-4-3-10(22-13)7-14-15(19)17-16(23)24-14/h3-7H,1-2H3,(H,17,19,23). The van der Waals surface area contributed by atoms with Gasteiger partial charge in [0, 0.05) is 12.1 Å². The molecule has 0 atom stereocenters. The highest BCUT2D eigenvalue weighted by Gasteiger charge is 2.23. The third-order valence-corrected chi connectivity index (χ3v) is 4.78. The summed E-state index contributed by atoms with van der Waals surface area (Å²) in [7, 11) is 0. The summed E-state index contributed by atoms with van der Waals surface area (Å²) in [4.78, 5) is 23.0. The van der Waals surface area contributed by atoms with Crippen LogP contribution in [0.4, 0.5) is 5.69 Å². The Morgan fingerprint density at radius 1 is 1.29 bits per heavy atom. The Hall–Kier alpha value is -2.45. The van der Waals surface area contributed by atoms with E-state index in [2.05, 4.69) is 5.32 Å². The zero-order valence-electron chi connectivity index (χ0n) is 12.8. The van der Waals surface area contributed by atoms with Gasteiger partial charge in [-0.15, -0.1) is 0 Å². The molecular formula is C16H12N2O4S2. The number of nitro benzene ring substituents is 1. The highest BCUT2D eigenvalue weighted by atomic mass is 32.2. The lowest BCUT2D eigenvalue weighted by Crippen LogP contribution is -2.17. The second-order valence-electron chi connectivity index (χ2n) is 5.26. The van der Waals surface area contributed by atoms with Gasteiger partial charge in [0.05, 0.1) is 15.4 Å². The average molecular weight is 360 g/mol. The maximum Gasteiger partial charge on any atom is 0.280 e. The molecule has 1 N–H and O–H groups in total. The number of aryl methyl sites for hydroxylation is 2. The molecule has 1 fully saturated rings. The van der Waals surface area contributed by atoms with E-state index in [0.29, 0.717) is 26.3 Å². The van der Waals surface area contributed by atoms with Crippen molar-refractivity contribution in [2.75, 3.05) is 0 Å².